The lowest BCUT2D eigenvalue weighted by Crippen LogP contribution is -2.29. The molecule has 1 fully saturated rings. The summed E-state index contributed by atoms with van der Waals surface area (Å²) in [5, 5.41) is 20.3. The largest absolute Gasteiger partial charge is 0.507 e. The van der Waals surface area contributed by atoms with Crippen molar-refractivity contribution in [3.63, 3.8) is 0 Å². The molecule has 6 nitrogen and oxygen atoms in total. The summed E-state index contributed by atoms with van der Waals surface area (Å²) in [5.41, 5.74) is 7.53. The standard InChI is InChI=1S/C20H24ClN5O/c1-26(2)14-6-4-3-5-12(9-14)18-16(11-22)19(23)25-20(24-18)15-10-13(21)7-8-17(15)27/h7-8,10,12,14,27H,3-6,9H2,1-2H3,(H2,23,24,25). The second kappa shape index (κ2) is 8.12. The fraction of sp³-hybridized carbons (Fsp3) is 0.450. The van der Waals surface area contributed by atoms with Crippen LogP contribution in [0.3, 0.4) is 0 Å². The molecular weight excluding hydrogens is 362 g/mol. The summed E-state index contributed by atoms with van der Waals surface area (Å²) in [7, 11) is 4.17. The lowest BCUT2D eigenvalue weighted by molar-refractivity contribution is 0.258. The molecule has 0 aliphatic heterocycles. The summed E-state index contributed by atoms with van der Waals surface area (Å²) in [5.74, 6) is 0.594. The molecule has 1 heterocycles. The number of aromatic nitrogens is 2. The van der Waals surface area contributed by atoms with Gasteiger partial charge in [-0.05, 0) is 51.6 Å². The van der Waals surface area contributed by atoms with Crippen molar-refractivity contribution in [1.82, 2.24) is 14.9 Å². The van der Waals surface area contributed by atoms with Gasteiger partial charge in [-0.2, -0.15) is 5.26 Å². The number of aromatic hydroxyl groups is 1. The van der Waals surface area contributed by atoms with Crippen LogP contribution in [0.15, 0.2) is 18.2 Å². The predicted molar refractivity (Wildman–Crippen MR) is 107 cm³/mol. The SMILES string of the molecule is CN(C)C1CCCCC(c2nc(-c3cc(Cl)ccc3O)nc(N)c2C#N)C1. The molecule has 1 aliphatic carbocycles. The maximum absolute atomic E-state index is 10.2. The normalized spacial score (nSPS) is 20.3. The second-order valence-corrected chi connectivity index (χ2v) is 7.74. The highest BCUT2D eigenvalue weighted by Gasteiger charge is 2.28. The molecule has 142 valence electrons. The van der Waals surface area contributed by atoms with Gasteiger partial charge in [0, 0.05) is 17.0 Å². The van der Waals surface area contributed by atoms with E-state index in [1.807, 2.05) is 0 Å². The van der Waals surface area contributed by atoms with Crippen molar-refractivity contribution in [2.75, 3.05) is 19.8 Å². The fourth-order valence-electron chi connectivity index (χ4n) is 3.77. The lowest BCUT2D eigenvalue weighted by Gasteiger charge is -2.26. The Balaban J connectivity index is 2.10. The van der Waals surface area contributed by atoms with Crippen LogP contribution in [-0.4, -0.2) is 40.1 Å². The first kappa shape index (κ1) is 19.4. The van der Waals surface area contributed by atoms with Gasteiger partial charge in [-0.1, -0.05) is 24.4 Å². The molecule has 7 heteroatoms. The summed E-state index contributed by atoms with van der Waals surface area (Å²) in [6.45, 7) is 0. The van der Waals surface area contributed by atoms with Gasteiger partial charge in [0.05, 0.1) is 11.3 Å². The van der Waals surface area contributed by atoms with E-state index in [-0.39, 0.29) is 17.5 Å². The number of halogens is 1. The molecular formula is C20H24ClN5O. The number of nitrogen functional groups attached to an aromatic ring is 1. The van der Waals surface area contributed by atoms with Crippen LogP contribution in [0.5, 0.6) is 5.75 Å². The van der Waals surface area contributed by atoms with Crippen molar-refractivity contribution in [1.29, 1.82) is 5.26 Å². The molecule has 3 N–H and O–H groups in total. The third kappa shape index (κ3) is 4.15. The zero-order chi connectivity index (χ0) is 19.6. The predicted octanol–water partition coefficient (Wildman–Crippen LogP) is 3.93. The van der Waals surface area contributed by atoms with Gasteiger partial charge in [0.2, 0.25) is 0 Å². The first-order valence-electron chi connectivity index (χ1n) is 9.13. The Kier molecular flexibility index (Phi) is 5.83. The van der Waals surface area contributed by atoms with E-state index in [0.29, 0.717) is 33.7 Å². The molecule has 27 heavy (non-hydrogen) atoms. The second-order valence-electron chi connectivity index (χ2n) is 7.30. The Morgan fingerprint density at radius 2 is 2.00 bits per heavy atom. The minimum absolute atomic E-state index is 0.0292. The molecule has 0 radical (unpaired) electrons. The lowest BCUT2D eigenvalue weighted by atomic mass is 9.91. The topological polar surface area (TPSA) is 99.1 Å². The van der Waals surface area contributed by atoms with Crippen molar-refractivity contribution in [3.8, 4) is 23.2 Å². The number of nitrogens with zero attached hydrogens (tertiary/aromatic N) is 4. The summed E-state index contributed by atoms with van der Waals surface area (Å²) in [6.07, 6.45) is 5.24. The van der Waals surface area contributed by atoms with Crippen LogP contribution in [0.1, 0.15) is 49.3 Å². The zero-order valence-electron chi connectivity index (χ0n) is 15.6. The first-order valence-corrected chi connectivity index (χ1v) is 9.51. The zero-order valence-corrected chi connectivity index (χ0v) is 16.4. The Morgan fingerprint density at radius 3 is 2.70 bits per heavy atom. The monoisotopic (exact) mass is 385 g/mol. The van der Waals surface area contributed by atoms with E-state index >= 15 is 0 Å². The van der Waals surface area contributed by atoms with Gasteiger partial charge in [0.25, 0.3) is 0 Å². The molecule has 2 aromatic rings. The number of nitrogens with two attached hydrogens (primary N) is 1. The van der Waals surface area contributed by atoms with E-state index in [1.54, 1.807) is 12.1 Å². The highest BCUT2D eigenvalue weighted by Crippen LogP contribution is 2.37. The molecule has 0 bridgehead atoms. The number of anilines is 1. The molecule has 0 saturated heterocycles. The minimum Gasteiger partial charge on any atom is -0.507 e. The van der Waals surface area contributed by atoms with Crippen LogP contribution in [0.2, 0.25) is 5.02 Å². The number of hydrogen-bond acceptors (Lipinski definition) is 6. The van der Waals surface area contributed by atoms with Crippen molar-refractivity contribution in [3.05, 3.63) is 34.5 Å². The number of phenols is 1. The Bertz CT molecular complexity index is 877. The summed E-state index contributed by atoms with van der Waals surface area (Å²) >= 11 is 6.07. The number of nitriles is 1. The van der Waals surface area contributed by atoms with E-state index in [9.17, 15) is 10.4 Å². The van der Waals surface area contributed by atoms with E-state index < -0.39 is 0 Å². The Hall–Kier alpha value is -2.36. The maximum Gasteiger partial charge on any atom is 0.165 e. The quantitative estimate of drug-likeness (QED) is 0.776. The molecule has 0 amide bonds. The van der Waals surface area contributed by atoms with Crippen LogP contribution in [0, 0.1) is 11.3 Å². The molecule has 1 saturated carbocycles. The molecule has 2 atom stereocenters. The number of rotatable bonds is 3. The minimum atomic E-state index is 0.0292. The summed E-state index contributed by atoms with van der Waals surface area (Å²) in [6, 6.07) is 7.32. The van der Waals surface area contributed by atoms with Gasteiger partial charge in [0.1, 0.15) is 23.2 Å². The van der Waals surface area contributed by atoms with E-state index in [2.05, 4.69) is 35.0 Å². The fourth-order valence-corrected chi connectivity index (χ4v) is 3.94. The van der Waals surface area contributed by atoms with Gasteiger partial charge >= 0.3 is 0 Å². The number of benzene rings is 1. The van der Waals surface area contributed by atoms with Crippen LogP contribution in [0.4, 0.5) is 5.82 Å². The van der Waals surface area contributed by atoms with Crippen LogP contribution >= 0.6 is 11.6 Å². The maximum atomic E-state index is 10.2. The number of phenolic OH excluding ortho intramolecular Hbond substituents is 1. The number of hydrogen-bond donors (Lipinski definition) is 2. The highest BCUT2D eigenvalue weighted by atomic mass is 35.5. The Morgan fingerprint density at radius 1 is 1.26 bits per heavy atom. The van der Waals surface area contributed by atoms with Crippen LogP contribution in [0.25, 0.3) is 11.4 Å². The third-order valence-corrected chi connectivity index (χ3v) is 5.52. The van der Waals surface area contributed by atoms with Gasteiger partial charge < -0.3 is 15.7 Å². The highest BCUT2D eigenvalue weighted by molar-refractivity contribution is 6.30. The average Bonchev–Trinajstić information content (AvgIpc) is 2.89. The van der Waals surface area contributed by atoms with Crippen molar-refractivity contribution >= 4 is 17.4 Å². The smallest absolute Gasteiger partial charge is 0.165 e. The van der Waals surface area contributed by atoms with E-state index in [1.165, 1.54) is 6.07 Å². The van der Waals surface area contributed by atoms with E-state index in [0.717, 1.165) is 32.1 Å². The summed E-state index contributed by atoms with van der Waals surface area (Å²) in [4.78, 5) is 11.2. The van der Waals surface area contributed by atoms with Crippen molar-refractivity contribution < 1.29 is 5.11 Å². The summed E-state index contributed by atoms with van der Waals surface area (Å²) < 4.78 is 0. The van der Waals surface area contributed by atoms with Gasteiger partial charge in [0.15, 0.2) is 5.82 Å². The molecule has 0 spiro atoms. The molecule has 1 aromatic carbocycles. The van der Waals surface area contributed by atoms with Crippen molar-refractivity contribution in [2.24, 2.45) is 0 Å². The van der Waals surface area contributed by atoms with Gasteiger partial charge in [-0.25, -0.2) is 9.97 Å². The molecule has 2 unspecified atom stereocenters. The average molecular weight is 386 g/mol. The van der Waals surface area contributed by atoms with Crippen molar-refractivity contribution in [2.45, 2.75) is 44.1 Å². The first-order chi connectivity index (χ1) is 12.9. The van der Waals surface area contributed by atoms with Crippen LogP contribution < -0.4 is 5.73 Å². The van der Waals surface area contributed by atoms with Gasteiger partial charge in [-0.3, -0.25) is 0 Å². The van der Waals surface area contributed by atoms with E-state index in [4.69, 9.17) is 17.3 Å². The Labute approximate surface area is 164 Å². The molecule has 1 aliphatic rings. The third-order valence-electron chi connectivity index (χ3n) is 5.29. The van der Waals surface area contributed by atoms with Crippen LogP contribution in [-0.2, 0) is 0 Å². The van der Waals surface area contributed by atoms with Gasteiger partial charge in [-0.15, -0.1) is 0 Å². The molecule has 1 aromatic heterocycles. The molecule has 3 rings (SSSR count).